The van der Waals surface area contributed by atoms with Crippen LogP contribution in [0, 0.1) is 18.6 Å². The number of aliphatic hydroxyl groups excluding tert-OH is 1. The molecule has 5 heteroatoms. The Kier molecular flexibility index (Phi) is 5.65. The Morgan fingerprint density at radius 1 is 1.33 bits per heavy atom. The lowest BCUT2D eigenvalue weighted by molar-refractivity contribution is 0.123. The third-order valence-corrected chi connectivity index (χ3v) is 2.82. The van der Waals surface area contributed by atoms with Crippen molar-refractivity contribution in [3.8, 4) is 0 Å². The molecule has 0 saturated carbocycles. The van der Waals surface area contributed by atoms with Gasteiger partial charge in [-0.15, -0.1) is 0 Å². The molecule has 2 unspecified atom stereocenters. The highest BCUT2D eigenvalue weighted by Gasteiger charge is 2.17. The van der Waals surface area contributed by atoms with Crippen molar-refractivity contribution >= 4 is 0 Å². The van der Waals surface area contributed by atoms with Crippen LogP contribution in [0.25, 0.3) is 0 Å². The van der Waals surface area contributed by atoms with Gasteiger partial charge in [-0.3, -0.25) is 0 Å². The van der Waals surface area contributed by atoms with Gasteiger partial charge in [0.2, 0.25) is 0 Å². The fourth-order valence-electron chi connectivity index (χ4n) is 1.79. The summed E-state index contributed by atoms with van der Waals surface area (Å²) in [5.74, 6) is -0.893. The molecule has 1 aromatic rings. The van der Waals surface area contributed by atoms with Gasteiger partial charge in [0.05, 0.1) is 19.3 Å². The number of ether oxygens (including phenoxy) is 1. The van der Waals surface area contributed by atoms with Gasteiger partial charge in [-0.25, -0.2) is 8.78 Å². The smallest absolute Gasteiger partial charge is 0.128 e. The molecule has 0 fully saturated rings. The van der Waals surface area contributed by atoms with E-state index in [1.54, 1.807) is 6.92 Å². The van der Waals surface area contributed by atoms with Crippen LogP contribution in [-0.2, 0) is 4.74 Å². The van der Waals surface area contributed by atoms with Crippen LogP contribution in [-0.4, -0.2) is 31.5 Å². The summed E-state index contributed by atoms with van der Waals surface area (Å²) in [4.78, 5) is 0. The van der Waals surface area contributed by atoms with E-state index in [0.717, 1.165) is 0 Å². The third-order valence-electron chi connectivity index (χ3n) is 2.82. The summed E-state index contributed by atoms with van der Waals surface area (Å²) >= 11 is 0. The lowest BCUT2D eigenvalue weighted by Gasteiger charge is -2.22. The summed E-state index contributed by atoms with van der Waals surface area (Å²) in [6.45, 7) is 3.40. The zero-order valence-corrected chi connectivity index (χ0v) is 10.8. The second kappa shape index (κ2) is 6.78. The van der Waals surface area contributed by atoms with Crippen LogP contribution < -0.4 is 5.32 Å². The molecular weight excluding hydrogens is 240 g/mol. The summed E-state index contributed by atoms with van der Waals surface area (Å²) in [7, 11) is 1.52. The van der Waals surface area contributed by atoms with Crippen molar-refractivity contribution in [2.24, 2.45) is 0 Å². The molecule has 1 rings (SSSR count). The molecule has 2 N–H and O–H groups in total. The van der Waals surface area contributed by atoms with Gasteiger partial charge < -0.3 is 15.2 Å². The molecule has 0 bridgehead atoms. The average Bonchev–Trinajstić information content (AvgIpc) is 2.33. The molecular formula is C13H19F2NO2. The first-order chi connectivity index (χ1) is 8.49. The summed E-state index contributed by atoms with van der Waals surface area (Å²) in [6, 6.07) is 1.64. The van der Waals surface area contributed by atoms with E-state index in [1.165, 1.54) is 26.2 Å². The van der Waals surface area contributed by atoms with Crippen molar-refractivity contribution in [2.75, 3.05) is 20.3 Å². The molecule has 0 radical (unpaired) electrons. The lowest BCUT2D eigenvalue weighted by Crippen LogP contribution is -2.38. The summed E-state index contributed by atoms with van der Waals surface area (Å²) in [5.41, 5.74) is 0.520. The number of aryl methyl sites for hydroxylation is 1. The molecule has 1 aromatic carbocycles. The van der Waals surface area contributed by atoms with E-state index < -0.39 is 17.7 Å². The second-order valence-corrected chi connectivity index (χ2v) is 4.35. The van der Waals surface area contributed by atoms with Crippen molar-refractivity contribution in [3.05, 3.63) is 34.9 Å². The molecule has 0 aliphatic rings. The number of hydrogen-bond donors (Lipinski definition) is 2. The van der Waals surface area contributed by atoms with Gasteiger partial charge in [-0.2, -0.15) is 0 Å². The summed E-state index contributed by atoms with van der Waals surface area (Å²) < 4.78 is 32.1. The molecule has 0 amide bonds. The second-order valence-electron chi connectivity index (χ2n) is 4.35. The number of benzene rings is 1. The monoisotopic (exact) mass is 259 g/mol. The maximum absolute atomic E-state index is 13.7. The molecule has 102 valence electrons. The molecule has 3 nitrogen and oxygen atoms in total. The summed E-state index contributed by atoms with van der Waals surface area (Å²) in [5, 5.41) is 12.1. The predicted octanol–water partition coefficient (Wildman–Crippen LogP) is 1.93. The van der Waals surface area contributed by atoms with E-state index in [2.05, 4.69) is 5.32 Å². The number of aliphatic hydroxyl groups is 1. The Bertz CT molecular complexity index is 399. The Hall–Kier alpha value is -1.04. The van der Waals surface area contributed by atoms with Crippen LogP contribution in [0.2, 0.25) is 0 Å². The van der Waals surface area contributed by atoms with E-state index in [4.69, 9.17) is 9.84 Å². The third kappa shape index (κ3) is 3.73. The first-order valence-corrected chi connectivity index (χ1v) is 5.81. The number of nitrogens with one attached hydrogen (secondary N) is 1. The minimum absolute atomic E-state index is 0.131. The van der Waals surface area contributed by atoms with Crippen molar-refractivity contribution in [1.82, 2.24) is 5.32 Å². The predicted molar refractivity (Wildman–Crippen MR) is 65.4 cm³/mol. The van der Waals surface area contributed by atoms with Gasteiger partial charge in [0.15, 0.2) is 0 Å². The molecule has 2 atom stereocenters. The fourth-order valence-corrected chi connectivity index (χ4v) is 1.79. The van der Waals surface area contributed by atoms with E-state index >= 15 is 0 Å². The van der Waals surface area contributed by atoms with Crippen LogP contribution in [0.3, 0.4) is 0 Å². The average molecular weight is 259 g/mol. The Morgan fingerprint density at radius 2 is 2.00 bits per heavy atom. The number of methoxy groups -OCH3 is 1. The van der Waals surface area contributed by atoms with Gasteiger partial charge in [-0.05, 0) is 31.5 Å². The lowest BCUT2D eigenvalue weighted by atomic mass is 10.0. The first kappa shape index (κ1) is 15.0. The van der Waals surface area contributed by atoms with Crippen molar-refractivity contribution in [1.29, 1.82) is 0 Å². The summed E-state index contributed by atoms with van der Waals surface area (Å²) in [6.07, 6.45) is 0. The molecule has 0 aromatic heterocycles. The molecule has 0 saturated heterocycles. The van der Waals surface area contributed by atoms with Gasteiger partial charge in [-0.1, -0.05) is 0 Å². The van der Waals surface area contributed by atoms with Crippen LogP contribution >= 0.6 is 0 Å². The highest BCUT2D eigenvalue weighted by molar-refractivity contribution is 5.27. The van der Waals surface area contributed by atoms with Crippen molar-refractivity contribution in [3.63, 3.8) is 0 Å². The maximum atomic E-state index is 13.7. The zero-order chi connectivity index (χ0) is 13.7. The Balaban J connectivity index is 2.83. The Morgan fingerprint density at radius 3 is 2.56 bits per heavy atom. The molecule has 0 aliphatic carbocycles. The van der Waals surface area contributed by atoms with E-state index in [-0.39, 0.29) is 23.8 Å². The van der Waals surface area contributed by atoms with Crippen LogP contribution in [0.1, 0.15) is 24.1 Å². The zero-order valence-electron chi connectivity index (χ0n) is 10.8. The van der Waals surface area contributed by atoms with E-state index in [0.29, 0.717) is 6.61 Å². The first-order valence-electron chi connectivity index (χ1n) is 5.81. The molecule has 0 aliphatic heterocycles. The SMILES string of the molecule is COCC(CO)NC(C)c1cc(F)c(C)cc1F. The maximum Gasteiger partial charge on any atom is 0.128 e. The van der Waals surface area contributed by atoms with Gasteiger partial charge in [0.25, 0.3) is 0 Å². The molecule has 0 heterocycles. The van der Waals surface area contributed by atoms with Crippen LogP contribution in [0.4, 0.5) is 8.78 Å². The number of rotatable bonds is 6. The minimum atomic E-state index is -0.456. The standard InChI is InChI=1S/C13H19F2NO2/c1-8-4-13(15)11(5-12(8)14)9(2)16-10(6-17)7-18-3/h4-5,9-10,16-17H,6-7H2,1-3H3. The van der Waals surface area contributed by atoms with E-state index in [1.807, 2.05) is 0 Å². The van der Waals surface area contributed by atoms with E-state index in [9.17, 15) is 8.78 Å². The largest absolute Gasteiger partial charge is 0.395 e. The van der Waals surface area contributed by atoms with Crippen LogP contribution in [0.15, 0.2) is 12.1 Å². The molecule has 0 spiro atoms. The topological polar surface area (TPSA) is 41.5 Å². The van der Waals surface area contributed by atoms with Gasteiger partial charge in [0, 0.05) is 18.7 Å². The normalized spacial score (nSPS) is 14.6. The minimum Gasteiger partial charge on any atom is -0.395 e. The van der Waals surface area contributed by atoms with Crippen LogP contribution in [0.5, 0.6) is 0 Å². The molecule has 18 heavy (non-hydrogen) atoms. The van der Waals surface area contributed by atoms with Gasteiger partial charge >= 0.3 is 0 Å². The highest BCUT2D eigenvalue weighted by Crippen LogP contribution is 2.20. The fraction of sp³-hybridized carbons (Fsp3) is 0.538. The van der Waals surface area contributed by atoms with Crippen molar-refractivity contribution in [2.45, 2.75) is 25.9 Å². The number of hydrogen-bond acceptors (Lipinski definition) is 3. The van der Waals surface area contributed by atoms with Crippen molar-refractivity contribution < 1.29 is 18.6 Å². The highest BCUT2D eigenvalue weighted by atomic mass is 19.1. The quantitative estimate of drug-likeness (QED) is 0.820. The Labute approximate surface area is 106 Å². The number of halogens is 2. The van der Waals surface area contributed by atoms with Gasteiger partial charge in [0.1, 0.15) is 11.6 Å².